The Bertz CT molecular complexity index is 641. The largest absolute Gasteiger partial charge is 0.391 e. The highest BCUT2D eigenvalue weighted by molar-refractivity contribution is 7.21. The molecule has 1 atom stereocenters. The molecule has 0 aliphatic heterocycles. The van der Waals surface area contributed by atoms with Gasteiger partial charge in [-0.05, 0) is 31.0 Å². The van der Waals surface area contributed by atoms with Crippen molar-refractivity contribution in [3.05, 3.63) is 34.5 Å². The van der Waals surface area contributed by atoms with Gasteiger partial charge in [-0.15, -0.1) is 11.3 Å². The highest BCUT2D eigenvalue weighted by atomic mass is 32.1. The lowest BCUT2D eigenvalue weighted by molar-refractivity contribution is 0.0588. The summed E-state index contributed by atoms with van der Waals surface area (Å²) in [4.78, 5) is 12.7. The van der Waals surface area contributed by atoms with E-state index in [9.17, 15) is 14.3 Å². The summed E-state index contributed by atoms with van der Waals surface area (Å²) in [7, 11) is 1.51. The second-order valence-electron chi connectivity index (χ2n) is 4.82. The molecule has 1 heterocycles. The number of hydrogen-bond donors (Lipinski definition) is 2. The molecule has 1 aromatic carbocycles. The molecule has 0 spiro atoms. The standard InChI is InChI=1S/C15H18FNO3S/c1-9-13-11(16)4-3-5-12(13)21-14(9)15(19)17-7-6-10(18)8-20-2/h3-5,10,18H,6-8H2,1-2H3,(H,17,19). The number of fused-ring (bicyclic) bond motifs is 1. The zero-order valence-electron chi connectivity index (χ0n) is 12.0. The van der Waals surface area contributed by atoms with Crippen LogP contribution >= 0.6 is 11.3 Å². The number of nitrogens with one attached hydrogen (secondary N) is 1. The van der Waals surface area contributed by atoms with Gasteiger partial charge in [-0.3, -0.25) is 4.79 Å². The van der Waals surface area contributed by atoms with Crippen molar-refractivity contribution < 1.29 is 19.0 Å². The first kappa shape index (κ1) is 15.9. The first-order valence-electron chi connectivity index (χ1n) is 6.67. The van der Waals surface area contributed by atoms with Crippen molar-refractivity contribution in [2.24, 2.45) is 0 Å². The number of hydrogen-bond acceptors (Lipinski definition) is 4. The minimum Gasteiger partial charge on any atom is -0.391 e. The van der Waals surface area contributed by atoms with E-state index in [4.69, 9.17) is 4.74 Å². The van der Waals surface area contributed by atoms with Crippen molar-refractivity contribution in [2.75, 3.05) is 20.3 Å². The third-order valence-corrected chi connectivity index (χ3v) is 4.49. The maximum absolute atomic E-state index is 13.8. The Labute approximate surface area is 126 Å². The zero-order chi connectivity index (χ0) is 15.4. The Morgan fingerprint density at radius 3 is 2.95 bits per heavy atom. The van der Waals surface area contributed by atoms with Gasteiger partial charge in [-0.2, -0.15) is 0 Å². The van der Waals surface area contributed by atoms with Gasteiger partial charge in [-0.1, -0.05) is 6.07 Å². The molecular weight excluding hydrogens is 293 g/mol. The van der Waals surface area contributed by atoms with Gasteiger partial charge in [0.25, 0.3) is 5.91 Å². The van der Waals surface area contributed by atoms with Crippen molar-refractivity contribution >= 4 is 27.3 Å². The molecule has 0 saturated carbocycles. The fourth-order valence-corrected chi connectivity index (χ4v) is 3.32. The average molecular weight is 311 g/mol. The van der Waals surface area contributed by atoms with Gasteiger partial charge in [0.15, 0.2) is 0 Å². The molecule has 114 valence electrons. The maximum Gasteiger partial charge on any atom is 0.261 e. The predicted octanol–water partition coefficient (Wildman–Crippen LogP) is 2.48. The molecule has 0 bridgehead atoms. The van der Waals surface area contributed by atoms with Crippen LogP contribution in [0.15, 0.2) is 18.2 Å². The smallest absolute Gasteiger partial charge is 0.261 e. The lowest BCUT2D eigenvalue weighted by Gasteiger charge is -2.09. The molecule has 0 fully saturated rings. The number of benzene rings is 1. The van der Waals surface area contributed by atoms with Crippen molar-refractivity contribution in [1.29, 1.82) is 0 Å². The number of carbonyl (C=O) groups is 1. The van der Waals surface area contributed by atoms with Crippen LogP contribution in [0.4, 0.5) is 4.39 Å². The van der Waals surface area contributed by atoms with E-state index < -0.39 is 6.10 Å². The van der Waals surface area contributed by atoms with E-state index in [2.05, 4.69) is 5.32 Å². The lowest BCUT2D eigenvalue weighted by Crippen LogP contribution is -2.28. The topological polar surface area (TPSA) is 58.6 Å². The number of carbonyl (C=O) groups excluding carboxylic acids is 1. The summed E-state index contributed by atoms with van der Waals surface area (Å²) in [5.74, 6) is -0.548. The van der Waals surface area contributed by atoms with Crippen molar-refractivity contribution in [3.63, 3.8) is 0 Å². The summed E-state index contributed by atoms with van der Waals surface area (Å²) >= 11 is 1.28. The number of aliphatic hydroxyl groups is 1. The van der Waals surface area contributed by atoms with E-state index in [-0.39, 0.29) is 18.3 Å². The van der Waals surface area contributed by atoms with Gasteiger partial charge in [-0.25, -0.2) is 4.39 Å². The SMILES string of the molecule is COCC(O)CCNC(=O)c1sc2cccc(F)c2c1C. The van der Waals surface area contributed by atoms with E-state index in [1.54, 1.807) is 19.1 Å². The third kappa shape index (κ3) is 3.58. The Balaban J connectivity index is 2.06. The molecule has 2 aromatic rings. The van der Waals surface area contributed by atoms with E-state index in [0.29, 0.717) is 28.8 Å². The van der Waals surface area contributed by atoms with Crippen molar-refractivity contribution in [3.8, 4) is 0 Å². The second-order valence-corrected chi connectivity index (χ2v) is 5.88. The molecule has 4 nitrogen and oxygen atoms in total. The highest BCUT2D eigenvalue weighted by Crippen LogP contribution is 2.32. The molecule has 0 aliphatic rings. The van der Waals surface area contributed by atoms with Crippen LogP contribution in [0.2, 0.25) is 0 Å². The summed E-state index contributed by atoms with van der Waals surface area (Å²) in [5.41, 5.74) is 0.656. The van der Waals surface area contributed by atoms with E-state index >= 15 is 0 Å². The maximum atomic E-state index is 13.8. The van der Waals surface area contributed by atoms with Gasteiger partial charge in [0.2, 0.25) is 0 Å². The van der Waals surface area contributed by atoms with Crippen molar-refractivity contribution in [1.82, 2.24) is 5.32 Å². The van der Waals surface area contributed by atoms with Crippen LogP contribution in [0, 0.1) is 12.7 Å². The monoisotopic (exact) mass is 311 g/mol. The molecule has 6 heteroatoms. The fraction of sp³-hybridized carbons (Fsp3) is 0.400. The Kier molecular flexibility index (Phi) is 5.27. The van der Waals surface area contributed by atoms with E-state index in [1.165, 1.54) is 24.5 Å². The number of amides is 1. The van der Waals surface area contributed by atoms with Crippen LogP contribution in [0.3, 0.4) is 0 Å². The summed E-state index contributed by atoms with van der Waals surface area (Å²) in [6.07, 6.45) is -0.186. The number of ether oxygens (including phenoxy) is 1. The second kappa shape index (κ2) is 6.98. The minimum absolute atomic E-state index is 0.238. The van der Waals surface area contributed by atoms with Gasteiger partial charge in [0, 0.05) is 23.7 Å². The molecule has 21 heavy (non-hydrogen) atoms. The van der Waals surface area contributed by atoms with Gasteiger partial charge in [0.05, 0.1) is 17.6 Å². The third-order valence-electron chi connectivity index (χ3n) is 3.23. The quantitative estimate of drug-likeness (QED) is 0.861. The first-order valence-corrected chi connectivity index (χ1v) is 7.49. The molecule has 0 radical (unpaired) electrons. The summed E-state index contributed by atoms with van der Waals surface area (Å²) in [5, 5.41) is 12.8. The summed E-state index contributed by atoms with van der Waals surface area (Å²) < 4.78 is 19.4. The van der Waals surface area contributed by atoms with Crippen molar-refractivity contribution in [2.45, 2.75) is 19.4 Å². The molecule has 2 rings (SSSR count). The number of rotatable bonds is 6. The number of thiophene rings is 1. The Morgan fingerprint density at radius 2 is 2.29 bits per heavy atom. The zero-order valence-corrected chi connectivity index (χ0v) is 12.8. The van der Waals surface area contributed by atoms with Gasteiger partial charge in [0.1, 0.15) is 5.82 Å². The van der Waals surface area contributed by atoms with E-state index in [1.807, 2.05) is 0 Å². The number of aryl methyl sites for hydroxylation is 1. The predicted molar refractivity (Wildman–Crippen MR) is 81.4 cm³/mol. The molecular formula is C15H18FNO3S. The lowest BCUT2D eigenvalue weighted by atomic mass is 10.1. The number of aliphatic hydroxyl groups excluding tert-OH is 1. The summed E-state index contributed by atoms with van der Waals surface area (Å²) in [6, 6.07) is 4.83. The normalized spacial score (nSPS) is 12.6. The molecule has 1 unspecified atom stereocenters. The Morgan fingerprint density at radius 1 is 1.52 bits per heavy atom. The molecule has 2 N–H and O–H groups in total. The fourth-order valence-electron chi connectivity index (χ4n) is 2.18. The molecule has 0 aliphatic carbocycles. The summed E-state index contributed by atoms with van der Waals surface area (Å²) in [6.45, 7) is 2.33. The Hall–Kier alpha value is -1.50. The highest BCUT2D eigenvalue weighted by Gasteiger charge is 2.17. The van der Waals surface area contributed by atoms with Crippen LogP contribution in [-0.4, -0.2) is 37.4 Å². The van der Waals surface area contributed by atoms with Gasteiger partial charge < -0.3 is 15.2 Å². The van der Waals surface area contributed by atoms with Gasteiger partial charge >= 0.3 is 0 Å². The molecule has 1 amide bonds. The number of halogens is 1. The van der Waals surface area contributed by atoms with Crippen LogP contribution in [-0.2, 0) is 4.74 Å². The molecule has 1 aromatic heterocycles. The van der Waals surface area contributed by atoms with Crippen LogP contribution in [0.5, 0.6) is 0 Å². The van der Waals surface area contributed by atoms with Crippen LogP contribution in [0.1, 0.15) is 21.7 Å². The molecule has 0 saturated heterocycles. The average Bonchev–Trinajstić information content (AvgIpc) is 2.78. The van der Waals surface area contributed by atoms with E-state index in [0.717, 1.165) is 4.70 Å². The van der Waals surface area contributed by atoms with Crippen LogP contribution < -0.4 is 5.32 Å². The van der Waals surface area contributed by atoms with Crippen LogP contribution in [0.25, 0.3) is 10.1 Å². The number of methoxy groups -OCH3 is 1. The minimum atomic E-state index is -0.601. The first-order chi connectivity index (χ1) is 10.0.